The first-order valence-electron chi connectivity index (χ1n) is 7.40. The van der Waals surface area contributed by atoms with Crippen LogP contribution in [0.4, 0.5) is 19.0 Å². The highest BCUT2D eigenvalue weighted by Gasteiger charge is 2.39. The minimum absolute atomic E-state index is 0.0444. The number of nitrogens with zero attached hydrogens (tertiary/aromatic N) is 3. The lowest BCUT2D eigenvalue weighted by Crippen LogP contribution is -2.38. The third-order valence-corrected chi connectivity index (χ3v) is 5.00. The van der Waals surface area contributed by atoms with Gasteiger partial charge in [-0.1, -0.05) is 0 Å². The van der Waals surface area contributed by atoms with Crippen LogP contribution >= 0.6 is 28.1 Å². The van der Waals surface area contributed by atoms with E-state index in [1.54, 1.807) is 22.9 Å². The molecule has 0 bridgehead atoms. The van der Waals surface area contributed by atoms with Crippen molar-refractivity contribution in [1.29, 1.82) is 0 Å². The number of hydrogen-bond acceptors (Lipinski definition) is 4. The summed E-state index contributed by atoms with van der Waals surface area (Å²) in [6.45, 7) is 0.428. The summed E-state index contributed by atoms with van der Waals surface area (Å²) < 4.78 is 53.4. The standard InChI is InChI=1S/C15H11BrF3N3O2S/c16-8-2-1-7-12(11(8)17)23-4-3-21-5-10(20-14(7)21)22-9(13(18)19)6-24-15(22)25/h1-2,5,9,13H,3-4,6H2. The van der Waals surface area contributed by atoms with E-state index in [1.807, 2.05) is 0 Å². The van der Waals surface area contributed by atoms with Crippen molar-refractivity contribution in [3.05, 3.63) is 28.6 Å². The zero-order chi connectivity index (χ0) is 17.7. The van der Waals surface area contributed by atoms with Crippen LogP contribution in [0, 0.1) is 5.82 Å². The van der Waals surface area contributed by atoms with Gasteiger partial charge in [0.1, 0.15) is 25.1 Å². The highest BCUT2D eigenvalue weighted by atomic mass is 79.9. The number of anilines is 1. The zero-order valence-corrected chi connectivity index (χ0v) is 15.0. The first-order valence-corrected chi connectivity index (χ1v) is 8.60. The van der Waals surface area contributed by atoms with Crippen LogP contribution in [-0.4, -0.2) is 40.4 Å². The van der Waals surface area contributed by atoms with Crippen LogP contribution in [-0.2, 0) is 11.3 Å². The zero-order valence-electron chi connectivity index (χ0n) is 12.6. The molecule has 0 N–H and O–H groups in total. The van der Waals surface area contributed by atoms with Gasteiger partial charge in [0.2, 0.25) is 0 Å². The molecule has 2 aliphatic heterocycles. The summed E-state index contributed by atoms with van der Waals surface area (Å²) in [6.07, 6.45) is -1.03. The number of aromatic nitrogens is 2. The van der Waals surface area contributed by atoms with Crippen molar-refractivity contribution in [2.24, 2.45) is 0 Å². The topological polar surface area (TPSA) is 39.5 Å². The van der Waals surface area contributed by atoms with Crippen molar-refractivity contribution < 1.29 is 22.6 Å². The van der Waals surface area contributed by atoms with Crippen LogP contribution in [0.3, 0.4) is 0 Å². The van der Waals surface area contributed by atoms with Crippen molar-refractivity contribution in [3.8, 4) is 17.1 Å². The number of benzene rings is 1. The predicted octanol–water partition coefficient (Wildman–Crippen LogP) is 3.60. The molecule has 5 nitrogen and oxygen atoms in total. The second kappa shape index (κ2) is 6.17. The maximum absolute atomic E-state index is 14.3. The quantitative estimate of drug-likeness (QED) is 0.676. The molecular weight excluding hydrogens is 423 g/mol. The minimum atomic E-state index is -2.63. The molecule has 0 spiro atoms. The van der Waals surface area contributed by atoms with E-state index in [-0.39, 0.29) is 34.4 Å². The molecule has 10 heteroatoms. The first kappa shape index (κ1) is 16.6. The average molecular weight is 434 g/mol. The van der Waals surface area contributed by atoms with Crippen LogP contribution in [0.15, 0.2) is 22.8 Å². The van der Waals surface area contributed by atoms with Crippen molar-refractivity contribution in [1.82, 2.24) is 9.55 Å². The fraction of sp³-hybridized carbons (Fsp3) is 0.333. The van der Waals surface area contributed by atoms with E-state index < -0.39 is 18.3 Å². The van der Waals surface area contributed by atoms with Crippen LogP contribution in [0.25, 0.3) is 11.4 Å². The number of halogens is 4. The summed E-state index contributed by atoms with van der Waals surface area (Å²) in [7, 11) is 0. The Hall–Kier alpha value is -1.81. The maximum atomic E-state index is 14.3. The third-order valence-electron chi connectivity index (χ3n) is 4.08. The van der Waals surface area contributed by atoms with E-state index in [1.165, 1.54) is 4.90 Å². The molecule has 1 saturated heterocycles. The average Bonchev–Trinajstić information content (AvgIpc) is 3.11. The molecule has 1 aromatic carbocycles. The van der Waals surface area contributed by atoms with Crippen LogP contribution in [0.5, 0.6) is 5.75 Å². The van der Waals surface area contributed by atoms with Crippen molar-refractivity contribution in [2.75, 3.05) is 18.1 Å². The van der Waals surface area contributed by atoms with E-state index >= 15 is 0 Å². The van der Waals surface area contributed by atoms with E-state index in [4.69, 9.17) is 21.7 Å². The van der Waals surface area contributed by atoms with Gasteiger partial charge in [-0.05, 0) is 40.3 Å². The summed E-state index contributed by atoms with van der Waals surface area (Å²) in [4.78, 5) is 5.62. The Bertz CT molecular complexity index is 861. The minimum Gasteiger partial charge on any atom is -0.488 e. The molecular formula is C15H11BrF3N3O2S. The Morgan fingerprint density at radius 2 is 2.12 bits per heavy atom. The predicted molar refractivity (Wildman–Crippen MR) is 91.6 cm³/mol. The second-order valence-electron chi connectivity index (χ2n) is 5.55. The Kier molecular flexibility index (Phi) is 4.11. The summed E-state index contributed by atoms with van der Waals surface area (Å²) >= 11 is 8.16. The third kappa shape index (κ3) is 2.67. The van der Waals surface area contributed by atoms with E-state index in [0.29, 0.717) is 17.9 Å². The van der Waals surface area contributed by atoms with E-state index in [2.05, 4.69) is 20.9 Å². The number of thiocarbonyl (C=S) groups is 1. The van der Waals surface area contributed by atoms with Gasteiger partial charge in [0.05, 0.1) is 16.6 Å². The molecule has 1 aromatic heterocycles. The molecule has 4 rings (SSSR count). The Labute approximate surface area is 154 Å². The summed E-state index contributed by atoms with van der Waals surface area (Å²) in [6, 6.07) is 2.02. The SMILES string of the molecule is Fc1c(Br)ccc2c1OCCn1cc(N3C(=S)OCC3C(F)F)nc1-2. The molecule has 132 valence electrons. The largest absolute Gasteiger partial charge is 0.488 e. The summed E-state index contributed by atoms with van der Waals surface area (Å²) in [5, 5.41) is -0.0444. The van der Waals surface area contributed by atoms with Crippen LogP contribution in [0.1, 0.15) is 0 Å². The Morgan fingerprint density at radius 1 is 1.32 bits per heavy atom. The fourth-order valence-electron chi connectivity index (χ4n) is 2.88. The first-order chi connectivity index (χ1) is 12.0. The molecule has 2 aliphatic rings. The van der Waals surface area contributed by atoms with E-state index in [0.717, 1.165) is 0 Å². The summed E-state index contributed by atoms with van der Waals surface area (Å²) in [5.74, 6) is 0.229. The lowest BCUT2D eigenvalue weighted by atomic mass is 10.2. The van der Waals surface area contributed by atoms with Gasteiger partial charge in [-0.25, -0.2) is 18.2 Å². The highest BCUT2D eigenvalue weighted by Crippen LogP contribution is 2.39. The number of alkyl halides is 2. The number of fused-ring (bicyclic) bond motifs is 3. The van der Waals surface area contributed by atoms with Gasteiger partial charge < -0.3 is 14.0 Å². The number of imidazole rings is 1. The van der Waals surface area contributed by atoms with Gasteiger partial charge in [-0.2, -0.15) is 0 Å². The van der Waals surface area contributed by atoms with Crippen LogP contribution in [0.2, 0.25) is 0 Å². The fourth-order valence-corrected chi connectivity index (χ4v) is 3.49. The number of rotatable bonds is 2. The molecule has 0 aliphatic carbocycles. The van der Waals surface area contributed by atoms with E-state index in [9.17, 15) is 13.2 Å². The molecule has 2 aromatic rings. The normalized spacial score (nSPS) is 19.3. The molecule has 0 amide bonds. The van der Waals surface area contributed by atoms with Gasteiger partial charge >= 0.3 is 0 Å². The second-order valence-corrected chi connectivity index (χ2v) is 6.75. The number of hydrogen-bond donors (Lipinski definition) is 0. The van der Waals surface area contributed by atoms with Gasteiger partial charge in [0, 0.05) is 6.20 Å². The molecule has 1 unspecified atom stereocenters. The van der Waals surface area contributed by atoms with Crippen molar-refractivity contribution in [3.63, 3.8) is 0 Å². The highest BCUT2D eigenvalue weighted by molar-refractivity contribution is 9.10. The maximum Gasteiger partial charge on any atom is 0.265 e. The molecule has 25 heavy (non-hydrogen) atoms. The van der Waals surface area contributed by atoms with Crippen molar-refractivity contribution >= 4 is 39.1 Å². The van der Waals surface area contributed by atoms with Gasteiger partial charge in [-0.3, -0.25) is 4.90 Å². The Balaban J connectivity index is 1.82. The lowest BCUT2D eigenvalue weighted by molar-refractivity contribution is 0.106. The van der Waals surface area contributed by atoms with Gasteiger partial charge in [0.25, 0.3) is 11.6 Å². The Morgan fingerprint density at radius 3 is 2.88 bits per heavy atom. The number of ether oxygens (including phenoxy) is 2. The molecule has 0 saturated carbocycles. The molecule has 0 radical (unpaired) electrons. The van der Waals surface area contributed by atoms with Gasteiger partial charge in [-0.15, -0.1) is 0 Å². The van der Waals surface area contributed by atoms with Crippen LogP contribution < -0.4 is 9.64 Å². The smallest absolute Gasteiger partial charge is 0.265 e. The summed E-state index contributed by atoms with van der Waals surface area (Å²) in [5.41, 5.74) is 0.448. The van der Waals surface area contributed by atoms with Gasteiger partial charge in [0.15, 0.2) is 17.4 Å². The lowest BCUT2D eigenvalue weighted by Gasteiger charge is -2.19. The molecule has 1 atom stereocenters. The molecule has 3 heterocycles. The monoisotopic (exact) mass is 433 g/mol. The van der Waals surface area contributed by atoms with Crippen molar-refractivity contribution in [2.45, 2.75) is 19.0 Å². The molecule has 1 fully saturated rings.